The summed E-state index contributed by atoms with van der Waals surface area (Å²) in [6.07, 6.45) is 1.62. The minimum absolute atomic E-state index is 0.0270. The van der Waals surface area contributed by atoms with Crippen molar-refractivity contribution >= 4 is 22.6 Å². The second kappa shape index (κ2) is 5.40. The monoisotopic (exact) mass is 279 g/mol. The average Bonchev–Trinajstić information content (AvgIpc) is 2.96. The number of nitrogens with one attached hydrogen (secondary N) is 1. The normalized spacial score (nSPS) is 10.8. The zero-order valence-corrected chi connectivity index (χ0v) is 12.1. The van der Waals surface area contributed by atoms with E-state index in [9.17, 15) is 4.79 Å². The molecule has 0 radical (unpaired) electrons. The first-order valence-electron chi connectivity index (χ1n) is 7.01. The number of rotatable bonds is 3. The van der Waals surface area contributed by atoms with Crippen molar-refractivity contribution in [3.8, 4) is 0 Å². The van der Waals surface area contributed by atoms with Gasteiger partial charge in [0, 0.05) is 12.2 Å². The fraction of sp³-hybridized carbons (Fsp3) is 0.176. The summed E-state index contributed by atoms with van der Waals surface area (Å²) >= 11 is 0. The Kier molecular flexibility index (Phi) is 3.44. The van der Waals surface area contributed by atoms with Crippen LogP contribution in [0.2, 0.25) is 0 Å². The number of nitrogens with zero attached hydrogens (tertiary/aromatic N) is 2. The first kappa shape index (κ1) is 13.4. The van der Waals surface area contributed by atoms with Gasteiger partial charge >= 0.3 is 0 Å². The lowest BCUT2D eigenvalue weighted by Crippen LogP contribution is -2.30. The van der Waals surface area contributed by atoms with Crippen molar-refractivity contribution in [3.63, 3.8) is 0 Å². The smallest absolute Gasteiger partial charge is 0.260 e. The molecule has 1 amide bonds. The quantitative estimate of drug-likeness (QED) is 0.797. The molecule has 0 aliphatic carbocycles. The number of amides is 1. The number of H-pyrrole nitrogens is 1. The van der Waals surface area contributed by atoms with Gasteiger partial charge in [0.25, 0.3) is 5.91 Å². The van der Waals surface area contributed by atoms with Gasteiger partial charge in [-0.2, -0.15) is 0 Å². The molecular weight excluding hydrogens is 262 g/mol. The standard InChI is InChI=1S/C17H17N3O/c1-3-20(13-7-4-6-12(2)10-13)17(21)14-8-5-9-15-16(14)19-11-18-15/h4-11H,3H2,1-2H3,(H,18,19). The second-order valence-corrected chi connectivity index (χ2v) is 4.99. The number of carbonyl (C=O) groups is 1. The van der Waals surface area contributed by atoms with E-state index in [4.69, 9.17) is 0 Å². The first-order valence-corrected chi connectivity index (χ1v) is 7.01. The summed E-state index contributed by atoms with van der Waals surface area (Å²) in [5, 5.41) is 0. The summed E-state index contributed by atoms with van der Waals surface area (Å²) in [5.74, 6) is -0.0270. The van der Waals surface area contributed by atoms with Crippen molar-refractivity contribution in [2.75, 3.05) is 11.4 Å². The summed E-state index contributed by atoms with van der Waals surface area (Å²) in [6, 6.07) is 13.6. The minimum Gasteiger partial charge on any atom is -0.345 e. The molecule has 0 fully saturated rings. The van der Waals surface area contributed by atoms with Crippen molar-refractivity contribution in [2.24, 2.45) is 0 Å². The van der Waals surface area contributed by atoms with Crippen molar-refractivity contribution in [1.29, 1.82) is 0 Å². The van der Waals surface area contributed by atoms with Crippen LogP contribution in [0, 0.1) is 6.92 Å². The SMILES string of the molecule is CCN(C(=O)c1cccc2[nH]cnc12)c1cccc(C)c1. The number of hydrogen-bond donors (Lipinski definition) is 1. The third-order valence-electron chi connectivity index (χ3n) is 3.55. The van der Waals surface area contributed by atoms with Crippen LogP contribution in [0.15, 0.2) is 48.8 Å². The van der Waals surface area contributed by atoms with Crippen molar-refractivity contribution in [1.82, 2.24) is 9.97 Å². The van der Waals surface area contributed by atoms with E-state index in [-0.39, 0.29) is 5.91 Å². The number of fused-ring (bicyclic) bond motifs is 1. The highest BCUT2D eigenvalue weighted by atomic mass is 16.2. The highest BCUT2D eigenvalue weighted by Crippen LogP contribution is 2.22. The number of aromatic amines is 1. The molecule has 21 heavy (non-hydrogen) atoms. The van der Waals surface area contributed by atoms with Crippen LogP contribution < -0.4 is 4.90 Å². The number of hydrogen-bond acceptors (Lipinski definition) is 2. The zero-order valence-electron chi connectivity index (χ0n) is 12.1. The molecule has 1 heterocycles. The molecular formula is C17H17N3O. The van der Waals surface area contributed by atoms with Crippen LogP contribution in [-0.2, 0) is 0 Å². The summed E-state index contributed by atoms with van der Waals surface area (Å²) in [5.41, 5.74) is 4.26. The molecule has 0 bridgehead atoms. The Labute approximate surface area is 123 Å². The molecule has 0 aliphatic rings. The summed E-state index contributed by atoms with van der Waals surface area (Å²) in [7, 11) is 0. The van der Waals surface area contributed by atoms with Crippen molar-refractivity contribution in [3.05, 3.63) is 59.9 Å². The lowest BCUT2D eigenvalue weighted by Gasteiger charge is -2.21. The molecule has 4 nitrogen and oxygen atoms in total. The van der Waals surface area contributed by atoms with Gasteiger partial charge in [-0.05, 0) is 43.7 Å². The Balaban J connectivity index is 2.05. The number of para-hydroxylation sites is 1. The zero-order chi connectivity index (χ0) is 14.8. The predicted molar refractivity (Wildman–Crippen MR) is 84.6 cm³/mol. The largest absolute Gasteiger partial charge is 0.345 e. The highest BCUT2D eigenvalue weighted by Gasteiger charge is 2.19. The van der Waals surface area contributed by atoms with Crippen LogP contribution in [0.4, 0.5) is 5.69 Å². The minimum atomic E-state index is -0.0270. The maximum absolute atomic E-state index is 12.9. The molecule has 0 aliphatic heterocycles. The summed E-state index contributed by atoms with van der Waals surface area (Å²) < 4.78 is 0. The Bertz CT molecular complexity index is 791. The molecule has 2 aromatic carbocycles. The van der Waals surface area contributed by atoms with E-state index in [0.717, 1.165) is 16.8 Å². The molecule has 0 unspecified atom stereocenters. The van der Waals surface area contributed by atoms with E-state index >= 15 is 0 Å². The number of benzene rings is 2. The van der Waals surface area contributed by atoms with E-state index < -0.39 is 0 Å². The van der Waals surface area contributed by atoms with Gasteiger partial charge in [-0.3, -0.25) is 4.79 Å². The van der Waals surface area contributed by atoms with Crippen LogP contribution in [0.25, 0.3) is 11.0 Å². The average molecular weight is 279 g/mol. The Morgan fingerprint density at radius 3 is 2.81 bits per heavy atom. The van der Waals surface area contributed by atoms with E-state index in [1.54, 1.807) is 11.2 Å². The molecule has 0 saturated heterocycles. The maximum Gasteiger partial charge on any atom is 0.260 e. The molecule has 0 saturated carbocycles. The summed E-state index contributed by atoms with van der Waals surface area (Å²) in [6.45, 7) is 4.62. The van der Waals surface area contributed by atoms with Crippen molar-refractivity contribution < 1.29 is 4.79 Å². The van der Waals surface area contributed by atoms with Gasteiger partial charge in [-0.15, -0.1) is 0 Å². The van der Waals surface area contributed by atoms with E-state index in [1.807, 2.05) is 56.3 Å². The van der Waals surface area contributed by atoms with Gasteiger partial charge in [0.2, 0.25) is 0 Å². The lowest BCUT2D eigenvalue weighted by molar-refractivity contribution is 0.0990. The molecule has 3 aromatic rings. The maximum atomic E-state index is 12.9. The molecule has 3 rings (SSSR count). The second-order valence-electron chi connectivity index (χ2n) is 4.99. The molecule has 0 spiro atoms. The molecule has 0 atom stereocenters. The van der Waals surface area contributed by atoms with Crippen LogP contribution >= 0.6 is 0 Å². The third kappa shape index (κ3) is 2.40. The van der Waals surface area contributed by atoms with Gasteiger partial charge < -0.3 is 9.88 Å². The third-order valence-corrected chi connectivity index (χ3v) is 3.55. The van der Waals surface area contributed by atoms with Crippen LogP contribution in [0.1, 0.15) is 22.8 Å². The van der Waals surface area contributed by atoms with E-state index in [2.05, 4.69) is 9.97 Å². The predicted octanol–water partition coefficient (Wildman–Crippen LogP) is 3.54. The van der Waals surface area contributed by atoms with Crippen LogP contribution in [0.5, 0.6) is 0 Å². The Morgan fingerprint density at radius 1 is 1.24 bits per heavy atom. The van der Waals surface area contributed by atoms with Gasteiger partial charge in [-0.25, -0.2) is 4.98 Å². The number of aryl methyl sites for hydroxylation is 1. The topological polar surface area (TPSA) is 49.0 Å². The van der Waals surface area contributed by atoms with Crippen LogP contribution in [-0.4, -0.2) is 22.4 Å². The lowest BCUT2D eigenvalue weighted by atomic mass is 10.1. The van der Waals surface area contributed by atoms with E-state index in [1.165, 1.54) is 0 Å². The van der Waals surface area contributed by atoms with Crippen molar-refractivity contribution in [2.45, 2.75) is 13.8 Å². The molecule has 106 valence electrons. The van der Waals surface area contributed by atoms with Crippen LogP contribution in [0.3, 0.4) is 0 Å². The molecule has 1 aromatic heterocycles. The molecule has 1 N–H and O–H groups in total. The van der Waals surface area contributed by atoms with Gasteiger partial charge in [0.15, 0.2) is 0 Å². The molecule has 4 heteroatoms. The van der Waals surface area contributed by atoms with Gasteiger partial charge in [0.05, 0.1) is 17.4 Å². The Hall–Kier alpha value is -2.62. The number of carbonyl (C=O) groups excluding carboxylic acids is 1. The number of aromatic nitrogens is 2. The first-order chi connectivity index (χ1) is 10.2. The van der Waals surface area contributed by atoms with E-state index in [0.29, 0.717) is 17.6 Å². The number of imidazole rings is 1. The number of anilines is 1. The fourth-order valence-electron chi connectivity index (χ4n) is 2.52. The van der Waals surface area contributed by atoms with Gasteiger partial charge in [-0.1, -0.05) is 18.2 Å². The fourth-order valence-corrected chi connectivity index (χ4v) is 2.52. The highest BCUT2D eigenvalue weighted by molar-refractivity contribution is 6.12. The van der Waals surface area contributed by atoms with Gasteiger partial charge in [0.1, 0.15) is 5.52 Å². The Morgan fingerprint density at radius 2 is 2.05 bits per heavy atom. The summed E-state index contributed by atoms with van der Waals surface area (Å²) in [4.78, 5) is 21.9.